The van der Waals surface area contributed by atoms with Gasteiger partial charge in [-0.15, -0.1) is 0 Å². The van der Waals surface area contributed by atoms with E-state index in [1.165, 1.54) is 27.0 Å². The Morgan fingerprint density at radius 2 is 2.04 bits per heavy atom. The Morgan fingerprint density at radius 1 is 1.21 bits per heavy atom. The zero-order valence-corrected chi connectivity index (χ0v) is 17.6. The van der Waals surface area contributed by atoms with Crippen LogP contribution in [0.5, 0.6) is 0 Å². The highest BCUT2D eigenvalue weighted by molar-refractivity contribution is 7.22. The van der Waals surface area contributed by atoms with Crippen LogP contribution in [-0.4, -0.2) is 24.0 Å². The van der Waals surface area contributed by atoms with E-state index >= 15 is 0 Å². The number of nitrogens with zero attached hydrogens (tertiary/aromatic N) is 2. The molecule has 1 N–H and O–H groups in total. The molecular formula is C23H27N3OS. The molecule has 1 amide bonds. The highest BCUT2D eigenvalue weighted by atomic mass is 32.1. The van der Waals surface area contributed by atoms with Crippen LogP contribution in [0.3, 0.4) is 0 Å². The summed E-state index contributed by atoms with van der Waals surface area (Å²) >= 11 is 1.74. The molecule has 2 aromatic carbocycles. The van der Waals surface area contributed by atoms with Gasteiger partial charge in [-0.3, -0.25) is 4.79 Å². The zero-order chi connectivity index (χ0) is 19.7. The number of anilines is 1. The third kappa shape index (κ3) is 3.90. The van der Waals surface area contributed by atoms with E-state index in [9.17, 15) is 4.79 Å². The van der Waals surface area contributed by atoms with Crippen LogP contribution < -0.4 is 10.2 Å². The van der Waals surface area contributed by atoms with Gasteiger partial charge in [0.2, 0.25) is 5.91 Å². The average Bonchev–Trinajstić information content (AvgIpc) is 3.12. The summed E-state index contributed by atoms with van der Waals surface area (Å²) in [7, 11) is 0. The second-order valence-electron chi connectivity index (χ2n) is 7.85. The first-order chi connectivity index (χ1) is 13.5. The molecule has 5 heteroatoms. The molecule has 28 heavy (non-hydrogen) atoms. The standard InChI is InChI=1S/C23H27N3OS/c1-15-11-17(3)21-20(12-15)28-23(25-21)26-10-6-9-19(14-26)22(27)24-13-18-8-5-4-7-16(18)2/h4-5,7-8,11-12,19H,6,9-10,13-14H2,1-3H3,(H,24,27)/t19-/m1/s1. The number of fused-ring (bicyclic) bond motifs is 1. The summed E-state index contributed by atoms with van der Waals surface area (Å²) in [4.78, 5) is 20.0. The van der Waals surface area contributed by atoms with E-state index in [4.69, 9.17) is 4.98 Å². The van der Waals surface area contributed by atoms with Crippen LogP contribution >= 0.6 is 11.3 Å². The molecule has 0 saturated carbocycles. The molecule has 0 spiro atoms. The van der Waals surface area contributed by atoms with Crippen LogP contribution in [0.15, 0.2) is 36.4 Å². The number of benzene rings is 2. The number of aromatic nitrogens is 1. The van der Waals surface area contributed by atoms with Gasteiger partial charge in [0.05, 0.1) is 16.1 Å². The third-order valence-corrected chi connectivity index (χ3v) is 6.66. The Bertz CT molecular complexity index is 1010. The first kappa shape index (κ1) is 18.9. The smallest absolute Gasteiger partial charge is 0.225 e. The third-order valence-electron chi connectivity index (χ3n) is 5.60. The number of aryl methyl sites for hydroxylation is 3. The van der Waals surface area contributed by atoms with Gasteiger partial charge in [-0.2, -0.15) is 0 Å². The molecule has 1 aliphatic rings. The maximum absolute atomic E-state index is 12.8. The van der Waals surface area contributed by atoms with Gasteiger partial charge in [0.15, 0.2) is 5.13 Å². The largest absolute Gasteiger partial charge is 0.352 e. The fraction of sp³-hybridized carbons (Fsp3) is 0.391. The molecule has 4 rings (SSSR count). The Hall–Kier alpha value is -2.40. The lowest BCUT2D eigenvalue weighted by molar-refractivity contribution is -0.125. The fourth-order valence-electron chi connectivity index (χ4n) is 3.99. The maximum Gasteiger partial charge on any atom is 0.225 e. The molecule has 4 nitrogen and oxygen atoms in total. The van der Waals surface area contributed by atoms with Crippen LogP contribution in [0, 0.1) is 26.7 Å². The second kappa shape index (κ2) is 7.92. The fourth-order valence-corrected chi connectivity index (χ4v) is 5.17. The Morgan fingerprint density at radius 3 is 2.86 bits per heavy atom. The number of piperidine rings is 1. The number of rotatable bonds is 4. The van der Waals surface area contributed by atoms with E-state index in [0.717, 1.165) is 36.6 Å². The Labute approximate surface area is 170 Å². The minimum atomic E-state index is 0.0209. The SMILES string of the molecule is Cc1cc(C)c2nc(N3CCC[C@@H](C(=O)NCc4ccccc4C)C3)sc2c1. The predicted molar refractivity (Wildman–Crippen MR) is 117 cm³/mol. The number of carbonyl (C=O) groups is 1. The van der Waals surface area contributed by atoms with Crippen molar-refractivity contribution >= 4 is 32.6 Å². The molecule has 0 bridgehead atoms. The molecule has 1 fully saturated rings. The van der Waals surface area contributed by atoms with E-state index in [2.05, 4.69) is 55.3 Å². The minimum absolute atomic E-state index is 0.0209. The van der Waals surface area contributed by atoms with E-state index < -0.39 is 0 Å². The van der Waals surface area contributed by atoms with Crippen LogP contribution in [0.2, 0.25) is 0 Å². The summed E-state index contributed by atoms with van der Waals surface area (Å²) in [6, 6.07) is 12.6. The van der Waals surface area contributed by atoms with E-state index in [1.807, 2.05) is 12.1 Å². The summed E-state index contributed by atoms with van der Waals surface area (Å²) in [5, 5.41) is 4.18. The first-order valence-corrected chi connectivity index (χ1v) is 10.8. The van der Waals surface area contributed by atoms with Crippen molar-refractivity contribution in [2.75, 3.05) is 18.0 Å². The van der Waals surface area contributed by atoms with Crippen LogP contribution in [0.25, 0.3) is 10.2 Å². The molecule has 146 valence electrons. The molecule has 3 aromatic rings. The van der Waals surface area contributed by atoms with Gasteiger partial charge in [0.1, 0.15) is 0 Å². The van der Waals surface area contributed by atoms with Crippen molar-refractivity contribution in [1.29, 1.82) is 0 Å². The summed E-state index contributed by atoms with van der Waals surface area (Å²) in [5.74, 6) is 0.175. The number of nitrogens with one attached hydrogen (secondary N) is 1. The van der Waals surface area contributed by atoms with Crippen LogP contribution in [0.1, 0.15) is 35.1 Å². The number of thiazole rings is 1. The van der Waals surface area contributed by atoms with Gasteiger partial charge in [-0.25, -0.2) is 4.98 Å². The normalized spacial score (nSPS) is 17.1. The summed E-state index contributed by atoms with van der Waals surface area (Å²) < 4.78 is 1.23. The lowest BCUT2D eigenvalue weighted by Crippen LogP contribution is -2.43. The van der Waals surface area contributed by atoms with E-state index in [0.29, 0.717) is 6.54 Å². The number of hydrogen-bond donors (Lipinski definition) is 1. The second-order valence-corrected chi connectivity index (χ2v) is 8.86. The molecule has 0 radical (unpaired) electrons. The molecule has 2 heterocycles. The maximum atomic E-state index is 12.8. The van der Waals surface area contributed by atoms with Crippen molar-refractivity contribution in [3.05, 3.63) is 58.7 Å². The minimum Gasteiger partial charge on any atom is -0.352 e. The molecule has 1 saturated heterocycles. The molecule has 1 aliphatic heterocycles. The van der Waals surface area contributed by atoms with Gasteiger partial charge in [0.25, 0.3) is 0 Å². The zero-order valence-electron chi connectivity index (χ0n) is 16.8. The number of carbonyl (C=O) groups excluding carboxylic acids is 1. The molecule has 0 unspecified atom stereocenters. The van der Waals surface area contributed by atoms with Crippen LogP contribution in [-0.2, 0) is 11.3 Å². The van der Waals surface area contributed by atoms with Gasteiger partial charge >= 0.3 is 0 Å². The predicted octanol–water partition coefficient (Wildman–Crippen LogP) is 4.75. The summed E-state index contributed by atoms with van der Waals surface area (Å²) in [6.45, 7) is 8.65. The lowest BCUT2D eigenvalue weighted by atomic mass is 9.97. The average molecular weight is 394 g/mol. The lowest BCUT2D eigenvalue weighted by Gasteiger charge is -2.31. The van der Waals surface area contributed by atoms with Crippen molar-refractivity contribution in [1.82, 2.24) is 10.3 Å². The van der Waals surface area contributed by atoms with Crippen LogP contribution in [0.4, 0.5) is 5.13 Å². The molecular weight excluding hydrogens is 366 g/mol. The van der Waals surface area contributed by atoms with Gasteiger partial charge in [-0.1, -0.05) is 41.7 Å². The van der Waals surface area contributed by atoms with Crippen molar-refractivity contribution in [3.63, 3.8) is 0 Å². The number of hydrogen-bond acceptors (Lipinski definition) is 4. The summed E-state index contributed by atoms with van der Waals surface area (Å²) in [6.07, 6.45) is 1.97. The first-order valence-electron chi connectivity index (χ1n) is 9.96. The molecule has 1 aromatic heterocycles. The summed E-state index contributed by atoms with van der Waals surface area (Å²) in [5.41, 5.74) is 5.99. The van der Waals surface area contributed by atoms with Crippen molar-refractivity contribution in [2.45, 2.75) is 40.2 Å². The van der Waals surface area contributed by atoms with Gasteiger partial charge in [-0.05, 0) is 61.9 Å². The molecule has 1 atom stereocenters. The Kier molecular flexibility index (Phi) is 5.36. The van der Waals surface area contributed by atoms with Gasteiger partial charge < -0.3 is 10.2 Å². The van der Waals surface area contributed by atoms with Crippen molar-refractivity contribution in [2.24, 2.45) is 5.92 Å². The Balaban J connectivity index is 1.45. The molecule has 0 aliphatic carbocycles. The van der Waals surface area contributed by atoms with Gasteiger partial charge in [0, 0.05) is 19.6 Å². The highest BCUT2D eigenvalue weighted by Crippen LogP contribution is 2.33. The van der Waals surface area contributed by atoms with E-state index in [1.54, 1.807) is 11.3 Å². The van der Waals surface area contributed by atoms with E-state index in [-0.39, 0.29) is 11.8 Å². The van der Waals surface area contributed by atoms with Crippen molar-refractivity contribution < 1.29 is 4.79 Å². The highest BCUT2D eigenvalue weighted by Gasteiger charge is 2.27. The number of amides is 1. The topological polar surface area (TPSA) is 45.2 Å². The van der Waals surface area contributed by atoms with Crippen molar-refractivity contribution in [3.8, 4) is 0 Å². The quantitative estimate of drug-likeness (QED) is 0.695. The monoisotopic (exact) mass is 393 g/mol.